The van der Waals surface area contributed by atoms with Crippen LogP contribution in [0.3, 0.4) is 0 Å². The molecule has 0 saturated carbocycles. The quantitative estimate of drug-likeness (QED) is 0.472. The fourth-order valence-corrected chi connectivity index (χ4v) is 2.57. The van der Waals surface area contributed by atoms with Gasteiger partial charge in [-0.15, -0.1) is 0 Å². The largest absolute Gasteiger partial charge is 0.491 e. The molecule has 0 radical (unpaired) electrons. The summed E-state index contributed by atoms with van der Waals surface area (Å²) in [6.45, 7) is 6.17. The van der Waals surface area contributed by atoms with Crippen molar-refractivity contribution in [3.63, 3.8) is 0 Å². The molecule has 1 aliphatic heterocycles. The summed E-state index contributed by atoms with van der Waals surface area (Å²) in [6.07, 6.45) is -1.75. The fraction of sp³-hybridized carbons (Fsp3) is 0.500. The Morgan fingerprint density at radius 2 is 1.96 bits per heavy atom. The normalized spacial score (nSPS) is 16.5. The highest BCUT2D eigenvalue weighted by molar-refractivity contribution is 6.08. The lowest BCUT2D eigenvalue weighted by Crippen LogP contribution is -2.49. The number of nitrogens with two attached hydrogens (primary N) is 1. The van der Waals surface area contributed by atoms with E-state index < -0.39 is 23.8 Å². The number of hydrogen-bond donors (Lipinski definition) is 3. The van der Waals surface area contributed by atoms with Gasteiger partial charge in [-0.05, 0) is 45.0 Å². The zero-order valence-corrected chi connectivity index (χ0v) is 16.2. The Labute approximate surface area is 163 Å². The second-order valence-electron chi connectivity index (χ2n) is 7.10. The van der Waals surface area contributed by atoms with Crippen LogP contribution in [0.1, 0.15) is 26.3 Å². The van der Waals surface area contributed by atoms with Gasteiger partial charge in [-0.2, -0.15) is 0 Å². The molecule has 2 rings (SSSR count). The van der Waals surface area contributed by atoms with E-state index in [0.717, 1.165) is 0 Å². The Morgan fingerprint density at radius 3 is 2.54 bits per heavy atom. The van der Waals surface area contributed by atoms with Gasteiger partial charge in [0.2, 0.25) is 0 Å². The zero-order chi connectivity index (χ0) is 20.7. The molecule has 0 aliphatic carbocycles. The number of carbonyl (C=O) groups excluding carboxylic acids is 1. The molecule has 0 spiro atoms. The fourth-order valence-electron chi connectivity index (χ4n) is 2.57. The van der Waals surface area contributed by atoms with Crippen molar-refractivity contribution in [2.45, 2.75) is 32.4 Å². The number of aliphatic imine (C=N–C) groups is 1. The van der Waals surface area contributed by atoms with Crippen molar-refractivity contribution in [3.05, 3.63) is 29.8 Å². The number of amides is 2. The standard InChI is InChI=1S/C18H26N4O6/c1-18(2,3)28-17(25)22-13(11-21-16(23)24)10-20-15(22)12-4-6-14(7-5-12)26-8-9-27-19/h4-7,13,21H,8-11,19H2,1-3H3,(H,23,24). The van der Waals surface area contributed by atoms with Gasteiger partial charge in [0, 0.05) is 12.1 Å². The molecule has 4 N–H and O–H groups in total. The van der Waals surface area contributed by atoms with Crippen LogP contribution in [0.4, 0.5) is 9.59 Å². The summed E-state index contributed by atoms with van der Waals surface area (Å²) in [5.74, 6) is 5.99. The third-order valence-electron chi connectivity index (χ3n) is 3.71. The van der Waals surface area contributed by atoms with Crippen molar-refractivity contribution in [3.8, 4) is 5.75 Å². The minimum Gasteiger partial charge on any atom is -0.491 e. The van der Waals surface area contributed by atoms with Gasteiger partial charge < -0.3 is 24.7 Å². The Hall–Kier alpha value is -2.85. The maximum absolute atomic E-state index is 12.7. The number of nitrogens with zero attached hydrogens (tertiary/aromatic N) is 2. The highest BCUT2D eigenvalue weighted by Gasteiger charge is 2.36. The Morgan fingerprint density at radius 1 is 1.29 bits per heavy atom. The van der Waals surface area contributed by atoms with E-state index in [1.54, 1.807) is 45.0 Å². The highest BCUT2D eigenvalue weighted by Crippen LogP contribution is 2.22. The van der Waals surface area contributed by atoms with E-state index in [-0.39, 0.29) is 19.7 Å². The summed E-state index contributed by atoms with van der Waals surface area (Å²) in [5, 5.41) is 11.2. The van der Waals surface area contributed by atoms with Gasteiger partial charge >= 0.3 is 12.2 Å². The average Bonchev–Trinajstić information content (AvgIpc) is 3.03. The molecule has 1 aromatic carbocycles. The van der Waals surface area contributed by atoms with Crippen LogP contribution < -0.4 is 16.0 Å². The van der Waals surface area contributed by atoms with Gasteiger partial charge in [0.25, 0.3) is 0 Å². The molecule has 0 aromatic heterocycles. The summed E-state index contributed by atoms with van der Waals surface area (Å²) in [4.78, 5) is 33.9. The van der Waals surface area contributed by atoms with Crippen LogP contribution in [0, 0.1) is 0 Å². The number of ether oxygens (including phenoxy) is 2. The van der Waals surface area contributed by atoms with E-state index >= 15 is 0 Å². The third-order valence-corrected chi connectivity index (χ3v) is 3.71. The number of benzene rings is 1. The van der Waals surface area contributed by atoms with Crippen molar-refractivity contribution < 1.29 is 29.0 Å². The van der Waals surface area contributed by atoms with E-state index in [4.69, 9.17) is 20.5 Å². The van der Waals surface area contributed by atoms with Gasteiger partial charge in [-0.25, -0.2) is 15.5 Å². The number of carboxylic acid groups (broad SMARTS) is 1. The van der Waals surface area contributed by atoms with Crippen molar-refractivity contribution in [2.24, 2.45) is 10.9 Å². The molecule has 2 amide bonds. The van der Waals surface area contributed by atoms with E-state index in [2.05, 4.69) is 15.1 Å². The Balaban J connectivity index is 2.17. The van der Waals surface area contributed by atoms with Crippen LogP contribution in [0.15, 0.2) is 29.3 Å². The van der Waals surface area contributed by atoms with Crippen LogP contribution in [0.2, 0.25) is 0 Å². The predicted octanol–water partition coefficient (Wildman–Crippen LogP) is 1.59. The molecular formula is C18H26N4O6. The van der Waals surface area contributed by atoms with E-state index in [1.807, 2.05) is 0 Å². The topological polar surface area (TPSA) is 136 Å². The molecule has 0 fully saturated rings. The minimum absolute atomic E-state index is 0.0435. The number of carbonyl (C=O) groups is 2. The van der Waals surface area contributed by atoms with Crippen molar-refractivity contribution >= 4 is 18.0 Å². The van der Waals surface area contributed by atoms with Gasteiger partial charge in [-0.1, -0.05) is 0 Å². The SMILES string of the molecule is CC(C)(C)OC(=O)N1C(c2ccc(OCCON)cc2)=NCC1CNC(=O)O. The number of rotatable bonds is 7. The van der Waals surface area contributed by atoms with Crippen molar-refractivity contribution in [2.75, 3.05) is 26.3 Å². The molecule has 1 heterocycles. The lowest BCUT2D eigenvalue weighted by atomic mass is 10.1. The molecule has 1 atom stereocenters. The monoisotopic (exact) mass is 394 g/mol. The van der Waals surface area contributed by atoms with Crippen LogP contribution in [0.25, 0.3) is 0 Å². The van der Waals surface area contributed by atoms with Gasteiger partial charge in [0.1, 0.15) is 30.4 Å². The summed E-state index contributed by atoms with van der Waals surface area (Å²) in [5.41, 5.74) is -0.00990. The molecule has 1 aliphatic rings. The molecule has 0 saturated heterocycles. The van der Waals surface area contributed by atoms with Crippen LogP contribution >= 0.6 is 0 Å². The molecule has 10 heteroatoms. The summed E-state index contributed by atoms with van der Waals surface area (Å²) < 4.78 is 10.9. The third kappa shape index (κ3) is 6.10. The van der Waals surface area contributed by atoms with Gasteiger partial charge in [0.15, 0.2) is 0 Å². The lowest BCUT2D eigenvalue weighted by molar-refractivity contribution is 0.0332. The van der Waals surface area contributed by atoms with E-state index in [0.29, 0.717) is 23.8 Å². The first-order chi connectivity index (χ1) is 13.2. The van der Waals surface area contributed by atoms with Crippen LogP contribution in [-0.4, -0.2) is 66.0 Å². The first-order valence-electron chi connectivity index (χ1n) is 8.79. The molecular weight excluding hydrogens is 368 g/mol. The predicted molar refractivity (Wildman–Crippen MR) is 101 cm³/mol. The first-order valence-corrected chi connectivity index (χ1v) is 8.79. The second-order valence-corrected chi connectivity index (χ2v) is 7.10. The zero-order valence-electron chi connectivity index (χ0n) is 16.2. The minimum atomic E-state index is -1.17. The lowest BCUT2D eigenvalue weighted by Gasteiger charge is -2.29. The van der Waals surface area contributed by atoms with E-state index in [1.165, 1.54) is 4.90 Å². The Bertz CT molecular complexity index is 714. The van der Waals surface area contributed by atoms with Crippen LogP contribution in [-0.2, 0) is 9.57 Å². The molecule has 10 nitrogen and oxygen atoms in total. The number of hydrogen-bond acceptors (Lipinski definition) is 7. The molecule has 1 unspecified atom stereocenters. The average molecular weight is 394 g/mol. The summed E-state index contributed by atoms with van der Waals surface area (Å²) in [7, 11) is 0. The maximum Gasteiger partial charge on any atom is 0.416 e. The van der Waals surface area contributed by atoms with Crippen molar-refractivity contribution in [1.82, 2.24) is 10.2 Å². The molecule has 1 aromatic rings. The van der Waals surface area contributed by atoms with Gasteiger partial charge in [0.05, 0.1) is 12.6 Å². The van der Waals surface area contributed by atoms with Crippen LogP contribution in [0.5, 0.6) is 5.75 Å². The molecule has 154 valence electrons. The van der Waals surface area contributed by atoms with Gasteiger partial charge in [-0.3, -0.25) is 9.89 Å². The second kappa shape index (κ2) is 9.38. The Kier molecular flexibility index (Phi) is 7.18. The number of amidine groups is 1. The number of nitrogens with one attached hydrogen (secondary N) is 1. The summed E-state index contributed by atoms with van der Waals surface area (Å²) in [6, 6.07) is 6.54. The summed E-state index contributed by atoms with van der Waals surface area (Å²) >= 11 is 0. The maximum atomic E-state index is 12.7. The molecule has 28 heavy (non-hydrogen) atoms. The highest BCUT2D eigenvalue weighted by atomic mass is 16.6. The molecule has 0 bridgehead atoms. The van der Waals surface area contributed by atoms with E-state index in [9.17, 15) is 9.59 Å². The first kappa shape index (κ1) is 21.5. The smallest absolute Gasteiger partial charge is 0.416 e. The van der Waals surface area contributed by atoms with Crippen molar-refractivity contribution in [1.29, 1.82) is 0 Å².